The summed E-state index contributed by atoms with van der Waals surface area (Å²) in [4.78, 5) is 4.67. The largest absolute Gasteiger partial charge is 0.322 e. The number of rotatable bonds is 5. The zero-order chi connectivity index (χ0) is 13.8. The van der Waals surface area contributed by atoms with E-state index in [4.69, 9.17) is 5.73 Å². The second kappa shape index (κ2) is 6.31. The van der Waals surface area contributed by atoms with Gasteiger partial charge in [-0.25, -0.2) is 4.98 Å². The van der Waals surface area contributed by atoms with Crippen LogP contribution in [0.4, 0.5) is 0 Å². The van der Waals surface area contributed by atoms with Crippen molar-refractivity contribution in [2.45, 2.75) is 39.7 Å². The van der Waals surface area contributed by atoms with E-state index in [1.807, 2.05) is 0 Å². The maximum absolute atomic E-state index is 6.14. The van der Waals surface area contributed by atoms with E-state index in [-0.39, 0.29) is 6.04 Å². The first-order valence-corrected chi connectivity index (χ1v) is 7.80. The molecule has 102 valence electrons. The van der Waals surface area contributed by atoms with Gasteiger partial charge in [-0.3, -0.25) is 0 Å². The molecule has 1 aromatic carbocycles. The Balaban J connectivity index is 2.18. The van der Waals surface area contributed by atoms with Gasteiger partial charge in [0.05, 0.1) is 11.7 Å². The lowest BCUT2D eigenvalue weighted by Crippen LogP contribution is -2.16. The minimum Gasteiger partial charge on any atom is -0.322 e. The molecule has 0 saturated carbocycles. The predicted molar refractivity (Wildman–Crippen MR) is 83.3 cm³/mol. The van der Waals surface area contributed by atoms with Gasteiger partial charge in [-0.05, 0) is 17.9 Å². The van der Waals surface area contributed by atoms with Gasteiger partial charge in [0.25, 0.3) is 0 Å². The van der Waals surface area contributed by atoms with Crippen LogP contribution in [0.15, 0.2) is 29.6 Å². The molecule has 3 heteroatoms. The third-order valence-corrected chi connectivity index (χ3v) is 4.26. The molecule has 2 N–H and O–H groups in total. The molecule has 1 heterocycles. The van der Waals surface area contributed by atoms with E-state index in [0.29, 0.717) is 5.92 Å². The first kappa shape index (κ1) is 14.2. The van der Waals surface area contributed by atoms with Crippen LogP contribution >= 0.6 is 11.3 Å². The summed E-state index contributed by atoms with van der Waals surface area (Å²) < 4.78 is 0. The Bertz CT molecular complexity index is 514. The fourth-order valence-electron chi connectivity index (χ4n) is 1.99. The van der Waals surface area contributed by atoms with Crippen molar-refractivity contribution in [2.75, 3.05) is 0 Å². The molecular formula is C16H22N2S. The first-order chi connectivity index (χ1) is 9.11. The zero-order valence-corrected chi connectivity index (χ0v) is 12.7. The van der Waals surface area contributed by atoms with Crippen molar-refractivity contribution in [1.29, 1.82) is 0 Å². The Kier molecular flexibility index (Phi) is 4.72. The van der Waals surface area contributed by atoms with E-state index >= 15 is 0 Å². The molecule has 0 saturated heterocycles. The molecule has 2 rings (SSSR count). The number of hydrogen-bond acceptors (Lipinski definition) is 3. The SMILES string of the molecule is CCCc1ccc(-c2csc(C(N)C(C)C)n2)cc1. The highest BCUT2D eigenvalue weighted by molar-refractivity contribution is 7.10. The van der Waals surface area contributed by atoms with Crippen molar-refractivity contribution in [3.63, 3.8) is 0 Å². The van der Waals surface area contributed by atoms with E-state index in [9.17, 15) is 0 Å². The molecule has 0 radical (unpaired) electrons. The fourth-order valence-corrected chi connectivity index (χ4v) is 2.99. The van der Waals surface area contributed by atoms with Crippen LogP contribution in [-0.2, 0) is 6.42 Å². The minimum absolute atomic E-state index is 0.0399. The number of hydrogen-bond donors (Lipinski definition) is 1. The summed E-state index contributed by atoms with van der Waals surface area (Å²) in [6.07, 6.45) is 2.32. The van der Waals surface area contributed by atoms with Crippen LogP contribution < -0.4 is 5.73 Å². The van der Waals surface area contributed by atoms with Gasteiger partial charge in [-0.15, -0.1) is 11.3 Å². The Hall–Kier alpha value is -1.19. The molecule has 0 aliphatic rings. The lowest BCUT2D eigenvalue weighted by atomic mass is 10.1. The molecule has 0 aliphatic heterocycles. The van der Waals surface area contributed by atoms with Gasteiger partial charge in [0.2, 0.25) is 0 Å². The molecule has 0 aliphatic carbocycles. The molecule has 1 unspecified atom stereocenters. The third kappa shape index (κ3) is 3.43. The molecule has 1 aromatic heterocycles. The van der Waals surface area contributed by atoms with Crippen LogP contribution in [0.3, 0.4) is 0 Å². The van der Waals surface area contributed by atoms with Crippen molar-refractivity contribution in [1.82, 2.24) is 4.98 Å². The molecule has 2 nitrogen and oxygen atoms in total. The lowest BCUT2D eigenvalue weighted by molar-refractivity contribution is 0.512. The van der Waals surface area contributed by atoms with E-state index < -0.39 is 0 Å². The smallest absolute Gasteiger partial charge is 0.110 e. The Morgan fingerprint density at radius 1 is 1.21 bits per heavy atom. The zero-order valence-electron chi connectivity index (χ0n) is 11.9. The molecule has 0 bridgehead atoms. The van der Waals surface area contributed by atoms with Gasteiger partial charge in [-0.1, -0.05) is 51.5 Å². The Morgan fingerprint density at radius 3 is 2.47 bits per heavy atom. The summed E-state index contributed by atoms with van der Waals surface area (Å²) in [7, 11) is 0. The quantitative estimate of drug-likeness (QED) is 0.876. The van der Waals surface area contributed by atoms with Crippen LogP contribution in [0, 0.1) is 5.92 Å². The molecule has 19 heavy (non-hydrogen) atoms. The number of aryl methyl sites for hydroxylation is 1. The molecular weight excluding hydrogens is 252 g/mol. The van der Waals surface area contributed by atoms with E-state index in [0.717, 1.165) is 17.1 Å². The summed E-state index contributed by atoms with van der Waals surface area (Å²) >= 11 is 1.66. The van der Waals surface area contributed by atoms with Gasteiger partial charge in [0.1, 0.15) is 5.01 Å². The summed E-state index contributed by atoms with van der Waals surface area (Å²) in [6, 6.07) is 8.74. The van der Waals surface area contributed by atoms with Crippen molar-refractivity contribution in [3.05, 3.63) is 40.2 Å². The summed E-state index contributed by atoms with van der Waals surface area (Å²) in [5.41, 5.74) is 9.75. The number of benzene rings is 1. The summed E-state index contributed by atoms with van der Waals surface area (Å²) in [6.45, 7) is 6.46. The number of nitrogens with zero attached hydrogens (tertiary/aromatic N) is 1. The van der Waals surface area contributed by atoms with Crippen LogP contribution in [-0.4, -0.2) is 4.98 Å². The Morgan fingerprint density at radius 2 is 1.89 bits per heavy atom. The number of thiazole rings is 1. The summed E-state index contributed by atoms with van der Waals surface area (Å²) in [5.74, 6) is 0.422. The maximum Gasteiger partial charge on any atom is 0.110 e. The monoisotopic (exact) mass is 274 g/mol. The number of nitrogens with two attached hydrogens (primary N) is 1. The molecule has 0 amide bonds. The first-order valence-electron chi connectivity index (χ1n) is 6.92. The van der Waals surface area contributed by atoms with Crippen molar-refractivity contribution < 1.29 is 0 Å². The van der Waals surface area contributed by atoms with Crippen LogP contribution in [0.25, 0.3) is 11.3 Å². The second-order valence-electron chi connectivity index (χ2n) is 5.29. The molecule has 1 atom stereocenters. The van der Waals surface area contributed by atoms with Gasteiger partial charge in [-0.2, -0.15) is 0 Å². The second-order valence-corrected chi connectivity index (χ2v) is 6.18. The average Bonchev–Trinajstić information content (AvgIpc) is 2.88. The van der Waals surface area contributed by atoms with Gasteiger partial charge >= 0.3 is 0 Å². The van der Waals surface area contributed by atoms with Gasteiger partial charge < -0.3 is 5.73 Å². The highest BCUT2D eigenvalue weighted by atomic mass is 32.1. The molecule has 2 aromatic rings. The Labute approximate surface area is 119 Å². The lowest BCUT2D eigenvalue weighted by Gasteiger charge is -2.11. The van der Waals surface area contributed by atoms with E-state index in [1.165, 1.54) is 17.5 Å². The normalized spacial score (nSPS) is 12.9. The molecule has 0 spiro atoms. The van der Waals surface area contributed by atoms with Crippen LogP contribution in [0.5, 0.6) is 0 Å². The highest BCUT2D eigenvalue weighted by Gasteiger charge is 2.15. The average molecular weight is 274 g/mol. The molecule has 0 fully saturated rings. The van der Waals surface area contributed by atoms with Crippen LogP contribution in [0.2, 0.25) is 0 Å². The third-order valence-electron chi connectivity index (χ3n) is 3.31. The van der Waals surface area contributed by atoms with E-state index in [1.54, 1.807) is 11.3 Å². The predicted octanol–water partition coefficient (Wildman–Crippen LogP) is 4.42. The van der Waals surface area contributed by atoms with Crippen molar-refractivity contribution in [3.8, 4) is 11.3 Å². The summed E-state index contributed by atoms with van der Waals surface area (Å²) in [5, 5.41) is 3.13. The topological polar surface area (TPSA) is 38.9 Å². The van der Waals surface area contributed by atoms with Crippen LogP contribution in [0.1, 0.15) is 43.8 Å². The van der Waals surface area contributed by atoms with E-state index in [2.05, 4.69) is 55.4 Å². The highest BCUT2D eigenvalue weighted by Crippen LogP contribution is 2.27. The standard InChI is InChI=1S/C16H22N2S/c1-4-5-12-6-8-13(9-7-12)14-10-19-16(18-14)15(17)11(2)3/h6-11,15H,4-5,17H2,1-3H3. The van der Waals surface area contributed by atoms with Gasteiger partial charge in [0, 0.05) is 10.9 Å². The van der Waals surface area contributed by atoms with Crippen molar-refractivity contribution >= 4 is 11.3 Å². The fraction of sp³-hybridized carbons (Fsp3) is 0.438. The van der Waals surface area contributed by atoms with Gasteiger partial charge in [0.15, 0.2) is 0 Å². The van der Waals surface area contributed by atoms with Crippen molar-refractivity contribution in [2.24, 2.45) is 11.7 Å². The number of aromatic nitrogens is 1. The minimum atomic E-state index is 0.0399. The maximum atomic E-state index is 6.14.